The van der Waals surface area contributed by atoms with Crippen LogP contribution in [0.5, 0.6) is 0 Å². The van der Waals surface area contributed by atoms with Gasteiger partial charge >= 0.3 is 0 Å². The van der Waals surface area contributed by atoms with Crippen molar-refractivity contribution in [2.75, 3.05) is 19.6 Å². The third kappa shape index (κ3) is 3.56. The van der Waals surface area contributed by atoms with E-state index in [0.29, 0.717) is 12.6 Å². The summed E-state index contributed by atoms with van der Waals surface area (Å²) in [6, 6.07) is 0.677. The van der Waals surface area contributed by atoms with Gasteiger partial charge in [0.2, 0.25) is 0 Å². The summed E-state index contributed by atoms with van der Waals surface area (Å²) in [6.45, 7) is 7.14. The first kappa shape index (κ1) is 12.0. The van der Waals surface area contributed by atoms with Crippen LogP contribution < -0.4 is 5.73 Å². The summed E-state index contributed by atoms with van der Waals surface area (Å²) in [5, 5.41) is 9.39. The highest BCUT2D eigenvalue weighted by Crippen LogP contribution is 2.21. The van der Waals surface area contributed by atoms with E-state index in [-0.39, 0.29) is 6.10 Å². The predicted molar refractivity (Wildman–Crippen MR) is 59.1 cm³/mol. The predicted octanol–water partition coefficient (Wildman–Crippen LogP) is 0.817. The van der Waals surface area contributed by atoms with Crippen molar-refractivity contribution in [3.8, 4) is 0 Å². The molecule has 0 aromatic heterocycles. The number of piperidine rings is 1. The molecule has 14 heavy (non-hydrogen) atoms. The first-order chi connectivity index (χ1) is 6.63. The summed E-state index contributed by atoms with van der Waals surface area (Å²) in [7, 11) is 0. The summed E-state index contributed by atoms with van der Waals surface area (Å²) >= 11 is 0. The van der Waals surface area contributed by atoms with Crippen LogP contribution in [-0.4, -0.2) is 41.8 Å². The molecular weight excluding hydrogens is 176 g/mol. The number of hydrogen-bond acceptors (Lipinski definition) is 3. The lowest BCUT2D eigenvalue weighted by atomic mass is 9.95. The molecule has 0 aromatic carbocycles. The molecule has 1 heterocycles. The van der Waals surface area contributed by atoms with Gasteiger partial charge in [0.15, 0.2) is 0 Å². The zero-order valence-corrected chi connectivity index (χ0v) is 9.45. The molecule has 3 heteroatoms. The third-order valence-corrected chi connectivity index (χ3v) is 3.27. The molecule has 0 saturated carbocycles. The highest BCUT2D eigenvalue weighted by atomic mass is 16.3. The lowest BCUT2D eigenvalue weighted by Crippen LogP contribution is -2.42. The van der Waals surface area contributed by atoms with Gasteiger partial charge in [-0.15, -0.1) is 0 Å². The van der Waals surface area contributed by atoms with E-state index < -0.39 is 0 Å². The molecule has 3 nitrogen and oxygen atoms in total. The fraction of sp³-hybridized carbons (Fsp3) is 1.00. The normalized spacial score (nSPS) is 31.7. The zero-order chi connectivity index (χ0) is 10.6. The highest BCUT2D eigenvalue weighted by Gasteiger charge is 2.22. The Bertz CT molecular complexity index is 163. The zero-order valence-electron chi connectivity index (χ0n) is 9.45. The Morgan fingerprint density at radius 1 is 1.43 bits per heavy atom. The van der Waals surface area contributed by atoms with Crippen LogP contribution >= 0.6 is 0 Å². The van der Waals surface area contributed by atoms with Crippen molar-refractivity contribution in [2.24, 2.45) is 11.7 Å². The molecule has 3 N–H and O–H groups in total. The van der Waals surface area contributed by atoms with Crippen LogP contribution in [0.3, 0.4) is 0 Å². The minimum Gasteiger partial charge on any atom is -0.392 e. The Morgan fingerprint density at radius 2 is 2.14 bits per heavy atom. The second-order valence-corrected chi connectivity index (χ2v) is 4.70. The fourth-order valence-corrected chi connectivity index (χ4v) is 2.12. The van der Waals surface area contributed by atoms with E-state index in [4.69, 9.17) is 5.73 Å². The van der Waals surface area contributed by atoms with Crippen LogP contribution in [0.1, 0.15) is 33.1 Å². The summed E-state index contributed by atoms with van der Waals surface area (Å²) in [5.74, 6) is 0.807. The van der Waals surface area contributed by atoms with Crippen molar-refractivity contribution in [3.05, 3.63) is 0 Å². The Labute approximate surface area is 87.3 Å². The van der Waals surface area contributed by atoms with Crippen molar-refractivity contribution in [1.29, 1.82) is 0 Å². The largest absolute Gasteiger partial charge is 0.392 e. The summed E-state index contributed by atoms with van der Waals surface area (Å²) < 4.78 is 0. The van der Waals surface area contributed by atoms with Crippen LogP contribution in [0, 0.1) is 5.92 Å². The number of aliphatic hydroxyl groups is 1. The molecule has 1 aliphatic rings. The Morgan fingerprint density at radius 3 is 2.79 bits per heavy atom. The maximum atomic E-state index is 9.39. The van der Waals surface area contributed by atoms with E-state index in [1.54, 1.807) is 0 Å². The minimum atomic E-state index is -0.320. The average Bonchev–Trinajstić information content (AvgIpc) is 2.19. The molecule has 1 rings (SSSR count). The van der Waals surface area contributed by atoms with Crippen molar-refractivity contribution in [1.82, 2.24) is 4.90 Å². The molecule has 0 aromatic rings. The van der Waals surface area contributed by atoms with E-state index in [0.717, 1.165) is 18.9 Å². The smallest absolute Gasteiger partial charge is 0.0674 e. The number of nitrogens with two attached hydrogens (primary N) is 1. The maximum absolute atomic E-state index is 9.39. The topological polar surface area (TPSA) is 49.5 Å². The SMILES string of the molecule is CC1CCC(C)N(CCC(O)CN)C1. The maximum Gasteiger partial charge on any atom is 0.0674 e. The van der Waals surface area contributed by atoms with E-state index >= 15 is 0 Å². The van der Waals surface area contributed by atoms with Gasteiger partial charge in [-0.25, -0.2) is 0 Å². The fourth-order valence-electron chi connectivity index (χ4n) is 2.12. The number of rotatable bonds is 4. The molecule has 1 fully saturated rings. The lowest BCUT2D eigenvalue weighted by molar-refractivity contribution is 0.0934. The van der Waals surface area contributed by atoms with E-state index in [2.05, 4.69) is 18.7 Å². The van der Waals surface area contributed by atoms with Crippen molar-refractivity contribution in [2.45, 2.75) is 45.3 Å². The molecule has 1 aliphatic heterocycles. The van der Waals surface area contributed by atoms with Gasteiger partial charge in [-0.3, -0.25) is 0 Å². The first-order valence-electron chi connectivity index (χ1n) is 5.75. The Hall–Kier alpha value is -0.120. The van der Waals surface area contributed by atoms with Crippen molar-refractivity contribution >= 4 is 0 Å². The highest BCUT2D eigenvalue weighted by molar-refractivity contribution is 4.77. The first-order valence-corrected chi connectivity index (χ1v) is 5.75. The van der Waals surface area contributed by atoms with Crippen molar-refractivity contribution < 1.29 is 5.11 Å². The monoisotopic (exact) mass is 200 g/mol. The van der Waals surface area contributed by atoms with Gasteiger partial charge in [-0.05, 0) is 32.1 Å². The summed E-state index contributed by atoms with van der Waals surface area (Å²) in [5.41, 5.74) is 5.38. The van der Waals surface area contributed by atoms with Crippen LogP contribution in [0.2, 0.25) is 0 Å². The average molecular weight is 200 g/mol. The van der Waals surface area contributed by atoms with Gasteiger partial charge < -0.3 is 15.7 Å². The summed E-state index contributed by atoms with van der Waals surface area (Å²) in [4.78, 5) is 2.48. The molecule has 84 valence electrons. The van der Waals surface area contributed by atoms with Crippen LogP contribution in [0.15, 0.2) is 0 Å². The quantitative estimate of drug-likeness (QED) is 0.706. The van der Waals surface area contributed by atoms with Crippen LogP contribution in [0.4, 0.5) is 0 Å². The molecule has 1 saturated heterocycles. The van der Waals surface area contributed by atoms with Gasteiger partial charge in [0, 0.05) is 25.7 Å². The van der Waals surface area contributed by atoms with E-state index in [1.165, 1.54) is 19.4 Å². The molecular formula is C11H24N2O. The molecule has 0 spiro atoms. The molecule has 0 amide bonds. The molecule has 0 aliphatic carbocycles. The second kappa shape index (κ2) is 5.69. The van der Waals surface area contributed by atoms with Crippen LogP contribution in [0.25, 0.3) is 0 Å². The number of hydrogen-bond donors (Lipinski definition) is 2. The standard InChI is InChI=1S/C11H24N2O/c1-9-3-4-10(2)13(8-9)6-5-11(14)7-12/h9-11,14H,3-8,12H2,1-2H3. The van der Waals surface area contributed by atoms with Gasteiger partial charge in [-0.1, -0.05) is 6.92 Å². The van der Waals surface area contributed by atoms with Gasteiger partial charge in [0.05, 0.1) is 6.10 Å². The van der Waals surface area contributed by atoms with E-state index in [1.807, 2.05) is 0 Å². The number of nitrogens with zero attached hydrogens (tertiary/aromatic N) is 1. The summed E-state index contributed by atoms with van der Waals surface area (Å²) in [6.07, 6.45) is 3.13. The Kier molecular flexibility index (Phi) is 4.85. The number of aliphatic hydroxyl groups excluding tert-OH is 1. The van der Waals surface area contributed by atoms with Gasteiger partial charge in [-0.2, -0.15) is 0 Å². The minimum absolute atomic E-state index is 0.320. The van der Waals surface area contributed by atoms with Gasteiger partial charge in [0.25, 0.3) is 0 Å². The second-order valence-electron chi connectivity index (χ2n) is 4.70. The molecule has 3 unspecified atom stereocenters. The van der Waals surface area contributed by atoms with Crippen LogP contribution in [-0.2, 0) is 0 Å². The molecule has 3 atom stereocenters. The van der Waals surface area contributed by atoms with E-state index in [9.17, 15) is 5.11 Å². The Balaban J connectivity index is 2.27. The van der Waals surface area contributed by atoms with Crippen molar-refractivity contribution in [3.63, 3.8) is 0 Å². The molecule has 0 radical (unpaired) electrons. The van der Waals surface area contributed by atoms with Gasteiger partial charge in [0.1, 0.15) is 0 Å². The number of likely N-dealkylation sites (tertiary alicyclic amines) is 1. The molecule has 0 bridgehead atoms. The third-order valence-electron chi connectivity index (χ3n) is 3.27. The lowest BCUT2D eigenvalue weighted by Gasteiger charge is -2.37.